The van der Waals surface area contributed by atoms with Crippen LogP contribution in [0.4, 0.5) is 17.1 Å². The van der Waals surface area contributed by atoms with Crippen molar-refractivity contribution in [3.05, 3.63) is 117 Å². The highest BCUT2D eigenvalue weighted by Crippen LogP contribution is 2.44. The average molecular weight is 910 g/mol. The van der Waals surface area contributed by atoms with E-state index in [9.17, 15) is 23.3 Å². The minimum atomic E-state index is -4.59. The average Bonchev–Trinajstić information content (AvgIpc) is 3.75. The topological polar surface area (TPSA) is 175 Å². The standard InChI is InChI=1S/C47H53ClN8O7S/c1-47(2)11-9-34(41(26-47)32-3-5-35(48)6-4-32)30-53-13-15-55(16-14-53)36-7-8-39(44(23-36)63-37-22-33-10-12-49-45(33)51-28-37)46(57)52-64(60,61)38-24-42-40(43(25-38)56(58)59)21-31(27-50-42)29-54-17-19-62-20-18-54/h3-8,10,12,22-25,28,31,50H,9,11,13-21,26-27,29-30H2,1-2H3,(H,49,51)(H,52,57)/t31-/m1/s1. The van der Waals surface area contributed by atoms with Crippen LogP contribution in [0.2, 0.25) is 5.02 Å². The van der Waals surface area contributed by atoms with E-state index < -0.39 is 25.7 Å². The van der Waals surface area contributed by atoms with Gasteiger partial charge < -0.3 is 24.7 Å². The Bertz CT molecular complexity index is 2710. The van der Waals surface area contributed by atoms with E-state index >= 15 is 0 Å². The summed E-state index contributed by atoms with van der Waals surface area (Å²) >= 11 is 6.25. The van der Waals surface area contributed by atoms with Gasteiger partial charge in [-0.05, 0) is 90.6 Å². The second-order valence-corrected chi connectivity index (χ2v) is 20.2. The number of anilines is 2. The van der Waals surface area contributed by atoms with Crippen LogP contribution >= 0.6 is 11.6 Å². The summed E-state index contributed by atoms with van der Waals surface area (Å²) in [4.78, 5) is 40.0. The molecule has 3 aromatic carbocycles. The third-order valence-electron chi connectivity index (χ3n) is 13.0. The van der Waals surface area contributed by atoms with Crippen LogP contribution in [0.25, 0.3) is 16.6 Å². The number of allylic oxidation sites excluding steroid dienone is 1. The molecule has 0 spiro atoms. The molecule has 0 unspecified atom stereocenters. The van der Waals surface area contributed by atoms with E-state index in [1.165, 1.54) is 29.0 Å². The number of nitrogens with zero attached hydrogens (tertiary/aromatic N) is 5. The van der Waals surface area contributed by atoms with Crippen LogP contribution < -0.4 is 19.7 Å². The van der Waals surface area contributed by atoms with E-state index in [2.05, 4.69) is 60.7 Å². The number of amides is 1. The van der Waals surface area contributed by atoms with Gasteiger partial charge in [0.1, 0.15) is 17.1 Å². The van der Waals surface area contributed by atoms with E-state index in [0.29, 0.717) is 48.8 Å². The highest BCUT2D eigenvalue weighted by molar-refractivity contribution is 7.90. The lowest BCUT2D eigenvalue weighted by Crippen LogP contribution is -2.47. The maximum absolute atomic E-state index is 14.1. The summed E-state index contributed by atoms with van der Waals surface area (Å²) in [6.45, 7) is 12.8. The molecule has 0 radical (unpaired) electrons. The maximum atomic E-state index is 14.1. The zero-order valence-corrected chi connectivity index (χ0v) is 37.6. The number of pyridine rings is 1. The van der Waals surface area contributed by atoms with Crippen molar-refractivity contribution in [3.63, 3.8) is 0 Å². The van der Waals surface area contributed by atoms with Crippen molar-refractivity contribution < 1.29 is 27.6 Å². The van der Waals surface area contributed by atoms with Crippen molar-refractivity contribution in [2.24, 2.45) is 11.3 Å². The fourth-order valence-corrected chi connectivity index (χ4v) is 10.6. The van der Waals surface area contributed by atoms with E-state index in [4.69, 9.17) is 21.1 Å². The van der Waals surface area contributed by atoms with Gasteiger partial charge in [-0.1, -0.05) is 43.2 Å². The highest BCUT2D eigenvalue weighted by atomic mass is 35.5. The number of sulfonamides is 1. The van der Waals surface area contributed by atoms with E-state index in [0.717, 1.165) is 93.8 Å². The number of nitro benzene ring substituents is 1. The Hall–Kier alpha value is -5.52. The first-order valence-corrected chi connectivity index (χ1v) is 23.7. The summed E-state index contributed by atoms with van der Waals surface area (Å²) < 4.78 is 41.9. The minimum Gasteiger partial charge on any atom is -0.455 e. The fourth-order valence-electron chi connectivity index (χ4n) is 9.43. The molecule has 0 bridgehead atoms. The molecule has 9 rings (SSSR count). The molecule has 2 saturated heterocycles. The summed E-state index contributed by atoms with van der Waals surface area (Å²) in [7, 11) is -4.59. The van der Waals surface area contributed by atoms with Gasteiger partial charge in [0, 0.05) is 99.0 Å². The van der Waals surface area contributed by atoms with E-state index in [-0.39, 0.29) is 28.3 Å². The van der Waals surface area contributed by atoms with Crippen molar-refractivity contribution >= 4 is 61.2 Å². The number of aromatic amines is 1. The molecule has 3 aliphatic heterocycles. The second-order valence-electron chi connectivity index (χ2n) is 18.1. The smallest absolute Gasteiger partial charge is 0.276 e. The molecule has 2 aromatic heterocycles. The van der Waals surface area contributed by atoms with Gasteiger partial charge in [0.15, 0.2) is 0 Å². The molecule has 0 saturated carbocycles. The monoisotopic (exact) mass is 908 g/mol. The molecule has 17 heteroatoms. The highest BCUT2D eigenvalue weighted by Gasteiger charge is 2.33. The summed E-state index contributed by atoms with van der Waals surface area (Å²) in [6.07, 6.45) is 6.91. The number of hydrogen-bond donors (Lipinski definition) is 3. The lowest BCUT2D eigenvalue weighted by Gasteiger charge is -2.39. The van der Waals surface area contributed by atoms with Crippen molar-refractivity contribution in [2.75, 3.05) is 82.3 Å². The Morgan fingerprint density at radius 1 is 1.02 bits per heavy atom. The first-order chi connectivity index (χ1) is 30.8. The number of morpholine rings is 1. The predicted molar refractivity (Wildman–Crippen MR) is 248 cm³/mol. The normalized spacial score (nSPS) is 19.5. The fraction of sp³-hybridized carbons (Fsp3) is 0.404. The number of benzene rings is 3. The number of aromatic nitrogens is 2. The van der Waals surface area contributed by atoms with Gasteiger partial charge in [-0.2, -0.15) is 0 Å². The number of nitrogens with one attached hydrogen (secondary N) is 3. The molecule has 3 N–H and O–H groups in total. The number of nitro groups is 1. The molecular weight excluding hydrogens is 856 g/mol. The van der Waals surface area contributed by atoms with Crippen LogP contribution in [0, 0.1) is 21.4 Å². The van der Waals surface area contributed by atoms with Crippen molar-refractivity contribution in [1.29, 1.82) is 0 Å². The largest absolute Gasteiger partial charge is 0.455 e. The Balaban J connectivity index is 0.938. The van der Waals surface area contributed by atoms with Crippen molar-refractivity contribution in [1.82, 2.24) is 24.5 Å². The molecule has 4 aliphatic rings. The van der Waals surface area contributed by atoms with Gasteiger partial charge in [-0.15, -0.1) is 0 Å². The number of carbonyl (C=O) groups is 1. The van der Waals surface area contributed by atoms with Crippen LogP contribution in [0.1, 0.15) is 54.6 Å². The van der Waals surface area contributed by atoms with Gasteiger partial charge in [0.05, 0.1) is 40.4 Å². The van der Waals surface area contributed by atoms with Crippen LogP contribution in [0.3, 0.4) is 0 Å². The molecule has 5 heterocycles. The zero-order valence-electron chi connectivity index (χ0n) is 36.1. The van der Waals surface area contributed by atoms with Crippen LogP contribution in [-0.4, -0.2) is 111 Å². The molecule has 15 nitrogen and oxygen atoms in total. The number of halogens is 1. The van der Waals surface area contributed by atoms with Gasteiger partial charge >= 0.3 is 0 Å². The number of carbonyl (C=O) groups excluding carboxylic acids is 1. The lowest BCUT2D eigenvalue weighted by atomic mass is 9.72. The summed E-state index contributed by atoms with van der Waals surface area (Å²) in [6, 6.07) is 19.3. The molecule has 1 aliphatic carbocycles. The van der Waals surface area contributed by atoms with Crippen LogP contribution in [0.15, 0.2) is 89.6 Å². The third kappa shape index (κ3) is 9.76. The maximum Gasteiger partial charge on any atom is 0.276 e. The number of hydrogen-bond acceptors (Lipinski definition) is 12. The lowest BCUT2D eigenvalue weighted by molar-refractivity contribution is -0.385. The Morgan fingerprint density at radius 3 is 2.56 bits per heavy atom. The predicted octanol–water partition coefficient (Wildman–Crippen LogP) is 7.74. The number of fused-ring (bicyclic) bond motifs is 2. The zero-order chi connectivity index (χ0) is 44.6. The Kier molecular flexibility index (Phi) is 12.4. The molecular formula is C47H53ClN8O7S. The van der Waals surface area contributed by atoms with Gasteiger partial charge in [0.2, 0.25) is 0 Å². The van der Waals surface area contributed by atoms with Crippen molar-refractivity contribution in [2.45, 2.75) is 44.4 Å². The number of piperazine rings is 1. The van der Waals surface area contributed by atoms with Crippen LogP contribution in [0.5, 0.6) is 11.5 Å². The third-order valence-corrected chi connectivity index (χ3v) is 14.5. The van der Waals surface area contributed by atoms with Crippen molar-refractivity contribution in [3.8, 4) is 11.5 Å². The van der Waals surface area contributed by atoms with E-state index in [1.807, 2.05) is 18.2 Å². The molecule has 1 amide bonds. The van der Waals surface area contributed by atoms with Gasteiger partial charge in [0.25, 0.3) is 21.6 Å². The van der Waals surface area contributed by atoms with Gasteiger partial charge in [-0.3, -0.25) is 24.7 Å². The Labute approximate surface area is 378 Å². The summed E-state index contributed by atoms with van der Waals surface area (Å²) in [5.74, 6) is -0.363. The molecule has 336 valence electrons. The molecule has 1 atom stereocenters. The number of rotatable bonds is 12. The van der Waals surface area contributed by atoms with E-state index in [1.54, 1.807) is 30.5 Å². The number of ether oxygens (including phenoxy) is 2. The first-order valence-electron chi connectivity index (χ1n) is 21.9. The van der Waals surface area contributed by atoms with Gasteiger partial charge in [-0.25, -0.2) is 18.1 Å². The first kappa shape index (κ1) is 43.7. The molecule has 64 heavy (non-hydrogen) atoms. The minimum absolute atomic E-state index is 0.0291. The Morgan fingerprint density at radius 2 is 1.80 bits per heavy atom. The molecule has 2 fully saturated rings. The van der Waals surface area contributed by atoms with Crippen LogP contribution in [-0.2, 0) is 21.2 Å². The molecule has 5 aromatic rings. The summed E-state index contributed by atoms with van der Waals surface area (Å²) in [5, 5.41) is 17.1. The second kappa shape index (κ2) is 18.2. The quantitative estimate of drug-likeness (QED) is 0.0822. The SMILES string of the molecule is CC1(C)CCC(CN2CCN(c3ccc(C(=O)NS(=O)(=O)c4cc5c(c([N+](=O)[O-])c4)C[C@@H](CN4CCOCC4)CN5)c(Oc4cnc5[nH]ccc5c4)c3)CC2)=C(c2ccc(Cl)cc2)C1. The summed E-state index contributed by atoms with van der Waals surface area (Å²) in [5.41, 5.74) is 6.28. The number of H-pyrrole nitrogens is 1.